The predicted octanol–water partition coefficient (Wildman–Crippen LogP) is 3.16. The number of benzene rings is 2. The summed E-state index contributed by atoms with van der Waals surface area (Å²) in [5.74, 6) is 0.459. The highest BCUT2D eigenvalue weighted by Crippen LogP contribution is 2.28. The third-order valence-corrected chi connectivity index (χ3v) is 4.83. The molecule has 1 amide bonds. The van der Waals surface area contributed by atoms with E-state index < -0.39 is 0 Å². The van der Waals surface area contributed by atoms with Gasteiger partial charge in [0.05, 0.1) is 7.11 Å². The van der Waals surface area contributed by atoms with E-state index in [1.165, 1.54) is 11.1 Å². The summed E-state index contributed by atoms with van der Waals surface area (Å²) in [6.07, 6.45) is 1.85. The van der Waals surface area contributed by atoms with E-state index in [0.717, 1.165) is 42.1 Å². The number of hydroxylamine groups is 1. The quantitative estimate of drug-likeness (QED) is 0.619. The fourth-order valence-corrected chi connectivity index (χ4v) is 3.30. The molecule has 0 fully saturated rings. The maximum Gasteiger partial charge on any atom is 0.243 e. The molecule has 26 heavy (non-hydrogen) atoms. The zero-order valence-corrected chi connectivity index (χ0v) is 15.0. The van der Waals surface area contributed by atoms with Gasteiger partial charge in [-0.05, 0) is 41.7 Å². The van der Waals surface area contributed by atoms with E-state index in [1.54, 1.807) is 12.6 Å². The Balaban J connectivity index is 1.73. The molecule has 2 aromatic carbocycles. The molecule has 0 spiro atoms. The highest BCUT2D eigenvalue weighted by Gasteiger charge is 2.19. The van der Waals surface area contributed by atoms with Crippen molar-refractivity contribution in [2.24, 2.45) is 0 Å². The summed E-state index contributed by atoms with van der Waals surface area (Å²) in [5.41, 5.74) is 7.43. The molecule has 136 valence electrons. The molecular formula is C21H24N2O3. The minimum atomic E-state index is -0.365. The molecule has 0 aliphatic carbocycles. The molecule has 0 saturated carbocycles. The Morgan fingerprint density at radius 3 is 2.88 bits per heavy atom. The Bertz CT molecular complexity index is 817. The van der Waals surface area contributed by atoms with E-state index >= 15 is 0 Å². The number of methoxy groups -OCH3 is 1. The first-order valence-corrected chi connectivity index (χ1v) is 8.72. The van der Waals surface area contributed by atoms with Crippen molar-refractivity contribution in [3.63, 3.8) is 0 Å². The summed E-state index contributed by atoms with van der Waals surface area (Å²) in [4.78, 5) is 13.5. The van der Waals surface area contributed by atoms with Crippen molar-refractivity contribution >= 4 is 11.6 Å². The highest BCUT2D eigenvalue weighted by atomic mass is 16.5. The van der Waals surface area contributed by atoms with Gasteiger partial charge in [-0.2, -0.15) is 0 Å². The number of carbonyl (C=O) groups is 1. The standard InChI is InChI=1S/C21H24N2O3/c1-15(18-4-3-5-20(13-18)26-2)23-11-10-17-8-6-16(12-19(17)14-23)7-9-21(24)22-25/h3-6,8,12-13,25H,1,7,9-11,14H2,2H3,(H,22,24). The summed E-state index contributed by atoms with van der Waals surface area (Å²) < 4.78 is 5.31. The first kappa shape index (κ1) is 18.0. The molecule has 5 heteroatoms. The summed E-state index contributed by atoms with van der Waals surface area (Å²) in [7, 11) is 1.66. The highest BCUT2D eigenvalue weighted by molar-refractivity contribution is 5.74. The van der Waals surface area contributed by atoms with Crippen molar-refractivity contribution in [2.45, 2.75) is 25.8 Å². The number of hydrogen-bond acceptors (Lipinski definition) is 4. The average molecular weight is 352 g/mol. The molecule has 0 radical (unpaired) electrons. The van der Waals surface area contributed by atoms with Gasteiger partial charge < -0.3 is 9.64 Å². The third kappa shape index (κ3) is 4.06. The largest absolute Gasteiger partial charge is 0.497 e. The number of amides is 1. The number of aryl methyl sites for hydroxylation is 1. The molecular weight excluding hydrogens is 328 g/mol. The third-order valence-electron chi connectivity index (χ3n) is 4.83. The first-order valence-electron chi connectivity index (χ1n) is 8.72. The summed E-state index contributed by atoms with van der Waals surface area (Å²) in [6, 6.07) is 14.3. The van der Waals surface area contributed by atoms with Gasteiger partial charge in [0.15, 0.2) is 0 Å². The Morgan fingerprint density at radius 1 is 1.27 bits per heavy atom. The first-order chi connectivity index (χ1) is 12.6. The maximum absolute atomic E-state index is 11.2. The van der Waals surface area contributed by atoms with Crippen molar-refractivity contribution < 1.29 is 14.7 Å². The lowest BCUT2D eigenvalue weighted by atomic mass is 9.95. The van der Waals surface area contributed by atoms with Crippen LogP contribution < -0.4 is 10.2 Å². The topological polar surface area (TPSA) is 61.8 Å². The lowest BCUT2D eigenvalue weighted by molar-refractivity contribution is -0.129. The van der Waals surface area contributed by atoms with Crippen LogP contribution in [-0.4, -0.2) is 29.7 Å². The summed E-state index contributed by atoms with van der Waals surface area (Å²) >= 11 is 0. The molecule has 1 heterocycles. The SMILES string of the molecule is C=C(c1cccc(OC)c1)N1CCc2ccc(CCC(=O)NO)cc2C1. The van der Waals surface area contributed by atoms with Gasteiger partial charge in [-0.1, -0.05) is 36.9 Å². The van der Waals surface area contributed by atoms with Gasteiger partial charge in [0.2, 0.25) is 5.91 Å². The van der Waals surface area contributed by atoms with Crippen LogP contribution in [0, 0.1) is 0 Å². The second-order valence-electron chi connectivity index (χ2n) is 6.49. The Kier molecular flexibility index (Phi) is 5.58. The predicted molar refractivity (Wildman–Crippen MR) is 101 cm³/mol. The Hall–Kier alpha value is -2.79. The van der Waals surface area contributed by atoms with Gasteiger partial charge in [-0.25, -0.2) is 5.48 Å². The zero-order chi connectivity index (χ0) is 18.5. The van der Waals surface area contributed by atoms with Crippen LogP contribution in [0.1, 0.15) is 28.7 Å². The van der Waals surface area contributed by atoms with Crippen LogP contribution in [0.3, 0.4) is 0 Å². The molecule has 5 nitrogen and oxygen atoms in total. The number of nitrogens with zero attached hydrogens (tertiary/aromatic N) is 1. The second kappa shape index (κ2) is 8.06. The van der Waals surface area contributed by atoms with Crippen LogP contribution in [0.15, 0.2) is 49.0 Å². The van der Waals surface area contributed by atoms with Gasteiger partial charge in [-0.15, -0.1) is 0 Å². The number of hydrogen-bond donors (Lipinski definition) is 2. The average Bonchev–Trinajstić information content (AvgIpc) is 2.70. The normalized spacial score (nSPS) is 13.1. The maximum atomic E-state index is 11.2. The zero-order valence-electron chi connectivity index (χ0n) is 15.0. The van der Waals surface area contributed by atoms with Crippen LogP contribution >= 0.6 is 0 Å². The smallest absolute Gasteiger partial charge is 0.243 e. The van der Waals surface area contributed by atoms with E-state index in [0.29, 0.717) is 6.42 Å². The molecule has 0 saturated heterocycles. The van der Waals surface area contributed by atoms with Gasteiger partial charge >= 0.3 is 0 Å². The molecule has 1 aliphatic rings. The van der Waals surface area contributed by atoms with Crippen LogP contribution in [0.4, 0.5) is 0 Å². The fraction of sp³-hybridized carbons (Fsp3) is 0.286. The van der Waals surface area contributed by atoms with Crippen molar-refractivity contribution in [3.8, 4) is 5.75 Å². The number of carbonyl (C=O) groups excluding carboxylic acids is 1. The van der Waals surface area contributed by atoms with Crippen LogP contribution in [0.5, 0.6) is 5.75 Å². The van der Waals surface area contributed by atoms with Crippen molar-refractivity contribution in [2.75, 3.05) is 13.7 Å². The molecule has 0 atom stereocenters. The lowest BCUT2D eigenvalue weighted by Gasteiger charge is -2.32. The molecule has 3 rings (SSSR count). The van der Waals surface area contributed by atoms with Crippen LogP contribution in [-0.2, 0) is 24.2 Å². The molecule has 0 bridgehead atoms. The summed E-state index contributed by atoms with van der Waals surface area (Å²) in [6.45, 7) is 6.00. The van der Waals surface area contributed by atoms with Gasteiger partial charge in [0.25, 0.3) is 0 Å². The monoisotopic (exact) mass is 352 g/mol. The van der Waals surface area contributed by atoms with Crippen molar-refractivity contribution in [1.82, 2.24) is 10.4 Å². The van der Waals surface area contributed by atoms with Gasteiger partial charge in [-0.3, -0.25) is 10.0 Å². The molecule has 0 unspecified atom stereocenters. The van der Waals surface area contributed by atoms with E-state index in [-0.39, 0.29) is 12.3 Å². The van der Waals surface area contributed by atoms with Crippen LogP contribution in [0.2, 0.25) is 0 Å². The van der Waals surface area contributed by atoms with Gasteiger partial charge in [0, 0.05) is 30.8 Å². The minimum absolute atomic E-state index is 0.273. The van der Waals surface area contributed by atoms with Crippen molar-refractivity contribution in [3.05, 3.63) is 71.3 Å². The van der Waals surface area contributed by atoms with E-state index in [9.17, 15) is 4.79 Å². The number of fused-ring (bicyclic) bond motifs is 1. The molecule has 0 aromatic heterocycles. The number of ether oxygens (including phenoxy) is 1. The Morgan fingerprint density at radius 2 is 2.12 bits per heavy atom. The van der Waals surface area contributed by atoms with Gasteiger partial charge in [0.1, 0.15) is 5.75 Å². The van der Waals surface area contributed by atoms with Crippen LogP contribution in [0.25, 0.3) is 5.70 Å². The van der Waals surface area contributed by atoms with E-state index in [1.807, 2.05) is 24.3 Å². The Labute approximate surface area is 153 Å². The molecule has 2 aromatic rings. The second-order valence-corrected chi connectivity index (χ2v) is 6.49. The lowest BCUT2D eigenvalue weighted by Crippen LogP contribution is -2.29. The minimum Gasteiger partial charge on any atom is -0.497 e. The van der Waals surface area contributed by atoms with Crippen molar-refractivity contribution in [1.29, 1.82) is 0 Å². The molecule has 1 aliphatic heterocycles. The van der Waals surface area contributed by atoms with E-state index in [2.05, 4.69) is 29.7 Å². The number of rotatable bonds is 6. The fourth-order valence-electron chi connectivity index (χ4n) is 3.30. The van der Waals surface area contributed by atoms with E-state index in [4.69, 9.17) is 9.94 Å². The summed E-state index contributed by atoms with van der Waals surface area (Å²) in [5, 5.41) is 8.62. The number of nitrogens with one attached hydrogen (secondary N) is 1. The molecule has 2 N–H and O–H groups in total.